The molecule has 3 amide bonds. The number of aromatic nitrogens is 1. The summed E-state index contributed by atoms with van der Waals surface area (Å²) >= 11 is 0. The molecular weight excluding hydrogens is 556 g/mol. The molecule has 0 saturated carbocycles. The number of nitrogens with zero attached hydrogens (tertiary/aromatic N) is 4. The van der Waals surface area contributed by atoms with Gasteiger partial charge in [-0.3, -0.25) is 14.7 Å². The van der Waals surface area contributed by atoms with Crippen LogP contribution in [-0.2, 0) is 20.9 Å². The highest BCUT2D eigenvalue weighted by Crippen LogP contribution is 2.34. The number of hydrogen-bond acceptors (Lipinski definition) is 6. The van der Waals surface area contributed by atoms with E-state index < -0.39 is 24.3 Å². The van der Waals surface area contributed by atoms with Gasteiger partial charge in [0.1, 0.15) is 0 Å². The second kappa shape index (κ2) is 14.1. The number of carbonyl (C=O) groups excluding carboxylic acids is 2. The minimum Gasteiger partial charge on any atom is -0.475 e. The normalized spacial score (nSPS) is 19.8. The molecule has 0 aliphatic carbocycles. The SMILES string of the molecule is CC(C)NC(=O)N1CCN(Cc2cccnc2)CC2(CC(=O)N(C)C2)C1.O=C(O)C(F)(F)F.O=C(O)C(F)(F)F. The third-order valence-electron chi connectivity index (χ3n) is 5.61. The van der Waals surface area contributed by atoms with E-state index >= 15 is 0 Å². The maximum atomic E-state index is 12.6. The van der Waals surface area contributed by atoms with Gasteiger partial charge in [0.15, 0.2) is 0 Å². The van der Waals surface area contributed by atoms with Crippen molar-refractivity contribution in [2.45, 2.75) is 45.2 Å². The molecule has 3 heterocycles. The summed E-state index contributed by atoms with van der Waals surface area (Å²) in [6.45, 7) is 8.29. The van der Waals surface area contributed by atoms with Crippen LogP contribution in [0.15, 0.2) is 24.5 Å². The van der Waals surface area contributed by atoms with E-state index in [2.05, 4.69) is 21.3 Å². The molecule has 1 aromatic rings. The number of halogens is 6. The van der Waals surface area contributed by atoms with E-state index in [-0.39, 0.29) is 23.4 Å². The van der Waals surface area contributed by atoms with Gasteiger partial charge in [-0.15, -0.1) is 0 Å². The molecule has 1 unspecified atom stereocenters. The van der Waals surface area contributed by atoms with E-state index in [1.807, 2.05) is 38.1 Å². The molecule has 40 heavy (non-hydrogen) atoms. The number of nitrogens with one attached hydrogen (secondary N) is 1. The maximum Gasteiger partial charge on any atom is 0.490 e. The molecule has 1 aromatic heterocycles. The van der Waals surface area contributed by atoms with Gasteiger partial charge in [0.2, 0.25) is 5.91 Å². The molecule has 1 spiro atoms. The average Bonchev–Trinajstić information content (AvgIpc) is 2.96. The molecule has 3 rings (SSSR count). The molecule has 2 aliphatic heterocycles. The molecule has 2 saturated heterocycles. The van der Waals surface area contributed by atoms with Gasteiger partial charge >= 0.3 is 30.3 Å². The first-order valence-electron chi connectivity index (χ1n) is 11.8. The van der Waals surface area contributed by atoms with E-state index in [0.29, 0.717) is 26.1 Å². The van der Waals surface area contributed by atoms with Crippen LogP contribution in [0.1, 0.15) is 25.8 Å². The van der Waals surface area contributed by atoms with E-state index in [1.165, 1.54) is 0 Å². The Labute approximate surface area is 225 Å². The second-order valence-electron chi connectivity index (χ2n) is 9.63. The minimum atomic E-state index is -5.08. The molecule has 0 aromatic carbocycles. The van der Waals surface area contributed by atoms with E-state index in [4.69, 9.17) is 19.8 Å². The number of hydrogen-bond donors (Lipinski definition) is 3. The summed E-state index contributed by atoms with van der Waals surface area (Å²) in [6.07, 6.45) is -6.01. The fourth-order valence-electron chi connectivity index (χ4n) is 4.06. The van der Waals surface area contributed by atoms with E-state index in [0.717, 1.165) is 25.2 Å². The Kier molecular flexibility index (Phi) is 12.2. The quantitative estimate of drug-likeness (QED) is 0.458. The molecule has 2 fully saturated rings. The van der Waals surface area contributed by atoms with Crippen molar-refractivity contribution in [3.05, 3.63) is 30.1 Å². The monoisotopic (exact) mass is 587 g/mol. The van der Waals surface area contributed by atoms with Crippen LogP contribution in [0.25, 0.3) is 0 Å². The topological polar surface area (TPSA) is 143 Å². The zero-order valence-electron chi connectivity index (χ0n) is 21.9. The van der Waals surface area contributed by atoms with Gasteiger partial charge < -0.3 is 25.3 Å². The predicted molar refractivity (Wildman–Crippen MR) is 127 cm³/mol. The third kappa shape index (κ3) is 11.6. The van der Waals surface area contributed by atoms with Crippen LogP contribution in [0.4, 0.5) is 31.1 Å². The molecule has 3 N–H and O–H groups in total. The summed E-state index contributed by atoms with van der Waals surface area (Å²) in [5.41, 5.74) is 0.944. The number of carboxylic acids is 2. The first-order chi connectivity index (χ1) is 18.3. The Bertz CT molecular complexity index is 1000. The lowest BCUT2D eigenvalue weighted by molar-refractivity contribution is -0.193. The number of amides is 3. The van der Waals surface area contributed by atoms with Crippen molar-refractivity contribution in [1.29, 1.82) is 0 Å². The Balaban J connectivity index is 0.000000473. The van der Waals surface area contributed by atoms with Crippen LogP contribution in [0, 0.1) is 5.41 Å². The standard InChI is InChI=1S/C19H29N5O2.2C2HF3O2/c1-15(2)21-18(26)24-8-7-23(11-16-5-4-6-20-10-16)13-19(14-24)9-17(25)22(3)12-19;2*3-2(4,5)1(6)7/h4-6,10,15H,7-9,11-14H2,1-3H3,(H,21,26);2*(H,6,7). The maximum absolute atomic E-state index is 12.6. The van der Waals surface area contributed by atoms with Crippen LogP contribution in [-0.4, -0.2) is 112 Å². The number of aliphatic carboxylic acids is 2. The number of alkyl halides is 6. The third-order valence-corrected chi connectivity index (χ3v) is 5.61. The highest BCUT2D eigenvalue weighted by molar-refractivity contribution is 5.80. The lowest BCUT2D eigenvalue weighted by Gasteiger charge is -2.33. The fraction of sp³-hybridized carbons (Fsp3) is 0.609. The van der Waals surface area contributed by atoms with Crippen LogP contribution in [0.2, 0.25) is 0 Å². The van der Waals surface area contributed by atoms with Crippen LogP contribution >= 0.6 is 0 Å². The molecule has 1 atom stereocenters. The van der Waals surface area contributed by atoms with E-state index in [1.54, 1.807) is 11.1 Å². The molecule has 11 nitrogen and oxygen atoms in total. The molecule has 2 aliphatic rings. The van der Waals surface area contributed by atoms with Gasteiger partial charge in [0, 0.05) is 76.6 Å². The molecule has 17 heteroatoms. The van der Waals surface area contributed by atoms with Crippen molar-refractivity contribution >= 4 is 23.9 Å². The Hall–Kier alpha value is -3.63. The van der Waals surface area contributed by atoms with Gasteiger partial charge in [-0.05, 0) is 25.5 Å². The van der Waals surface area contributed by atoms with Gasteiger partial charge in [-0.1, -0.05) is 6.07 Å². The van der Waals surface area contributed by atoms with Gasteiger partial charge in [0.05, 0.1) is 0 Å². The summed E-state index contributed by atoms with van der Waals surface area (Å²) in [4.78, 5) is 52.9. The number of carbonyl (C=O) groups is 4. The number of rotatable bonds is 3. The zero-order valence-corrected chi connectivity index (χ0v) is 21.9. The molecular formula is C23H31F6N5O6. The summed E-state index contributed by atoms with van der Waals surface area (Å²) in [5, 5.41) is 17.2. The second-order valence-corrected chi connectivity index (χ2v) is 9.63. The van der Waals surface area contributed by atoms with Crippen LogP contribution in [0.3, 0.4) is 0 Å². The number of likely N-dealkylation sites (tertiary alicyclic amines) is 1. The van der Waals surface area contributed by atoms with Crippen molar-refractivity contribution in [3.63, 3.8) is 0 Å². The number of pyridine rings is 1. The van der Waals surface area contributed by atoms with E-state index in [9.17, 15) is 35.9 Å². The highest BCUT2D eigenvalue weighted by atomic mass is 19.4. The number of carboxylic acid groups (broad SMARTS) is 2. The predicted octanol–water partition coefficient (Wildman–Crippen LogP) is 2.43. The first kappa shape index (κ1) is 34.4. The lowest BCUT2D eigenvalue weighted by atomic mass is 9.86. The summed E-state index contributed by atoms with van der Waals surface area (Å²) in [5.74, 6) is -5.35. The summed E-state index contributed by atoms with van der Waals surface area (Å²) in [7, 11) is 1.85. The van der Waals surface area contributed by atoms with Crippen molar-refractivity contribution in [1.82, 2.24) is 25.0 Å². The van der Waals surface area contributed by atoms with Gasteiger partial charge in [-0.25, -0.2) is 14.4 Å². The van der Waals surface area contributed by atoms with Gasteiger partial charge in [0.25, 0.3) is 0 Å². The molecule has 0 bridgehead atoms. The Morgan fingerprint density at radius 1 is 1.02 bits per heavy atom. The summed E-state index contributed by atoms with van der Waals surface area (Å²) in [6, 6.07) is 4.07. The first-order valence-corrected chi connectivity index (χ1v) is 11.8. The van der Waals surface area contributed by atoms with Crippen LogP contribution < -0.4 is 5.32 Å². The van der Waals surface area contributed by atoms with Crippen molar-refractivity contribution in [2.75, 3.05) is 39.8 Å². The number of urea groups is 1. The van der Waals surface area contributed by atoms with Gasteiger partial charge in [-0.2, -0.15) is 26.3 Å². The molecule has 226 valence electrons. The van der Waals surface area contributed by atoms with Crippen molar-refractivity contribution < 1.29 is 55.7 Å². The lowest BCUT2D eigenvalue weighted by Crippen LogP contribution is -2.48. The van der Waals surface area contributed by atoms with Crippen molar-refractivity contribution in [2.24, 2.45) is 5.41 Å². The highest BCUT2D eigenvalue weighted by Gasteiger charge is 2.46. The Morgan fingerprint density at radius 2 is 1.57 bits per heavy atom. The Morgan fingerprint density at radius 3 is 1.98 bits per heavy atom. The summed E-state index contributed by atoms with van der Waals surface area (Å²) < 4.78 is 63.5. The zero-order chi connectivity index (χ0) is 30.9. The minimum absolute atomic E-state index is 0.0374. The molecule has 0 radical (unpaired) electrons. The van der Waals surface area contributed by atoms with Crippen molar-refractivity contribution in [3.8, 4) is 0 Å². The smallest absolute Gasteiger partial charge is 0.475 e. The van der Waals surface area contributed by atoms with Crippen LogP contribution in [0.5, 0.6) is 0 Å². The average molecular weight is 588 g/mol. The fourth-order valence-corrected chi connectivity index (χ4v) is 4.06. The largest absolute Gasteiger partial charge is 0.490 e.